The first kappa shape index (κ1) is 22.5. The SMILES string of the molecule is Nc1cc(Cl)ccc1CN1CCC(O)(Cn2cnc3c(cnn3-c3ccc(F)cc3)c2=O)CC1. The Morgan fingerprint density at radius 1 is 1.15 bits per heavy atom. The molecule has 0 aliphatic carbocycles. The molecule has 2 aromatic carbocycles. The van der Waals surface area contributed by atoms with Crippen LogP contribution >= 0.6 is 11.6 Å². The predicted molar refractivity (Wildman–Crippen MR) is 128 cm³/mol. The van der Waals surface area contributed by atoms with E-state index in [1.807, 2.05) is 12.1 Å². The number of piperidine rings is 1. The van der Waals surface area contributed by atoms with E-state index < -0.39 is 5.60 Å². The van der Waals surface area contributed by atoms with E-state index in [1.165, 1.54) is 33.9 Å². The Bertz CT molecular complexity index is 1390. The molecule has 1 fully saturated rings. The molecule has 1 aliphatic rings. The second-order valence-electron chi connectivity index (χ2n) is 8.79. The van der Waals surface area contributed by atoms with Crippen LogP contribution in [0.25, 0.3) is 16.7 Å². The maximum absolute atomic E-state index is 13.2. The molecule has 4 aromatic rings. The number of rotatable bonds is 5. The molecule has 5 rings (SSSR count). The van der Waals surface area contributed by atoms with Crippen molar-refractivity contribution in [2.24, 2.45) is 0 Å². The Labute approximate surface area is 200 Å². The number of nitrogen functional groups attached to an aromatic ring is 1. The molecule has 0 spiro atoms. The van der Waals surface area contributed by atoms with Gasteiger partial charge in [0.25, 0.3) is 5.56 Å². The molecule has 0 amide bonds. The smallest absolute Gasteiger partial charge is 0.264 e. The maximum Gasteiger partial charge on any atom is 0.264 e. The van der Waals surface area contributed by atoms with Gasteiger partial charge in [0.05, 0.1) is 24.0 Å². The Kier molecular flexibility index (Phi) is 5.85. The summed E-state index contributed by atoms with van der Waals surface area (Å²) >= 11 is 5.98. The van der Waals surface area contributed by atoms with E-state index >= 15 is 0 Å². The summed E-state index contributed by atoms with van der Waals surface area (Å²) in [4.78, 5) is 19.7. The summed E-state index contributed by atoms with van der Waals surface area (Å²) in [5.74, 6) is -0.355. The van der Waals surface area contributed by atoms with Crippen LogP contribution in [0.3, 0.4) is 0 Å². The fraction of sp³-hybridized carbons (Fsp3) is 0.292. The van der Waals surface area contributed by atoms with E-state index in [0.717, 1.165) is 5.56 Å². The molecule has 0 saturated carbocycles. The second-order valence-corrected chi connectivity index (χ2v) is 9.23. The van der Waals surface area contributed by atoms with Crippen LogP contribution in [-0.4, -0.2) is 48.0 Å². The van der Waals surface area contributed by atoms with Crippen LogP contribution in [0.5, 0.6) is 0 Å². The lowest BCUT2D eigenvalue weighted by Crippen LogP contribution is -2.47. The average Bonchev–Trinajstić information content (AvgIpc) is 3.25. The van der Waals surface area contributed by atoms with Gasteiger partial charge in [-0.25, -0.2) is 14.1 Å². The van der Waals surface area contributed by atoms with Crippen molar-refractivity contribution in [3.05, 3.63) is 81.7 Å². The third-order valence-electron chi connectivity index (χ3n) is 6.38. The number of anilines is 1. The highest BCUT2D eigenvalue weighted by Gasteiger charge is 2.33. The van der Waals surface area contributed by atoms with E-state index in [1.54, 1.807) is 18.2 Å². The number of halogens is 2. The Morgan fingerprint density at radius 2 is 1.88 bits per heavy atom. The zero-order chi connectivity index (χ0) is 23.9. The third kappa shape index (κ3) is 4.42. The maximum atomic E-state index is 13.2. The Balaban J connectivity index is 1.30. The van der Waals surface area contributed by atoms with Crippen LogP contribution in [0.15, 0.2) is 59.8 Å². The number of likely N-dealkylation sites (tertiary alicyclic amines) is 1. The molecule has 0 unspecified atom stereocenters. The van der Waals surface area contributed by atoms with Crippen molar-refractivity contribution in [2.45, 2.75) is 31.5 Å². The van der Waals surface area contributed by atoms with E-state index in [0.29, 0.717) is 59.9 Å². The monoisotopic (exact) mass is 482 g/mol. The number of benzene rings is 2. The molecule has 0 bridgehead atoms. The topological polar surface area (TPSA) is 102 Å². The molecule has 3 heterocycles. The fourth-order valence-electron chi connectivity index (χ4n) is 4.39. The van der Waals surface area contributed by atoms with E-state index in [4.69, 9.17) is 17.3 Å². The second kappa shape index (κ2) is 8.83. The minimum atomic E-state index is -1.02. The van der Waals surface area contributed by atoms with Crippen LogP contribution in [0.2, 0.25) is 5.02 Å². The first-order valence-corrected chi connectivity index (χ1v) is 11.4. The van der Waals surface area contributed by atoms with Crippen molar-refractivity contribution in [1.82, 2.24) is 24.2 Å². The van der Waals surface area contributed by atoms with E-state index in [2.05, 4.69) is 15.0 Å². The van der Waals surface area contributed by atoms with Gasteiger partial charge in [-0.3, -0.25) is 14.3 Å². The summed E-state index contributed by atoms with van der Waals surface area (Å²) < 4.78 is 16.2. The first-order valence-electron chi connectivity index (χ1n) is 11.0. The zero-order valence-corrected chi connectivity index (χ0v) is 19.1. The largest absolute Gasteiger partial charge is 0.398 e. The van der Waals surface area contributed by atoms with Crippen molar-refractivity contribution in [3.8, 4) is 5.69 Å². The molecule has 1 saturated heterocycles. The third-order valence-corrected chi connectivity index (χ3v) is 6.61. The molecule has 1 aliphatic heterocycles. The van der Waals surface area contributed by atoms with E-state index in [9.17, 15) is 14.3 Å². The van der Waals surface area contributed by atoms with Gasteiger partial charge in [0.15, 0.2) is 5.65 Å². The number of hydrogen-bond acceptors (Lipinski definition) is 6. The fourth-order valence-corrected chi connectivity index (χ4v) is 4.57. The molecule has 3 N–H and O–H groups in total. The first-order chi connectivity index (χ1) is 16.3. The zero-order valence-electron chi connectivity index (χ0n) is 18.4. The summed E-state index contributed by atoms with van der Waals surface area (Å²) in [5, 5.41) is 16.4. The van der Waals surface area contributed by atoms with Gasteiger partial charge in [0.1, 0.15) is 17.5 Å². The Morgan fingerprint density at radius 3 is 2.59 bits per heavy atom. The van der Waals surface area contributed by atoms with Gasteiger partial charge >= 0.3 is 0 Å². The standard InChI is InChI=1S/C24H24ClFN6O2/c25-17-2-1-16(21(27)11-17)13-30-9-7-24(34,8-10-30)14-31-15-28-22-20(23(31)33)12-29-32(22)19-5-3-18(26)4-6-19/h1-6,11-12,15,34H,7-10,13-14,27H2. The highest BCUT2D eigenvalue weighted by Crippen LogP contribution is 2.27. The summed E-state index contributed by atoms with van der Waals surface area (Å²) in [6.07, 6.45) is 3.92. The molecule has 34 heavy (non-hydrogen) atoms. The van der Waals surface area contributed by atoms with Crippen molar-refractivity contribution in [1.29, 1.82) is 0 Å². The van der Waals surface area contributed by atoms with Crippen LogP contribution < -0.4 is 11.3 Å². The van der Waals surface area contributed by atoms with Gasteiger partial charge in [-0.05, 0) is 54.8 Å². The van der Waals surface area contributed by atoms with Crippen molar-refractivity contribution in [2.75, 3.05) is 18.8 Å². The number of hydrogen-bond donors (Lipinski definition) is 2. The quantitative estimate of drug-likeness (QED) is 0.424. The molecule has 0 atom stereocenters. The number of fused-ring (bicyclic) bond motifs is 1. The predicted octanol–water partition coefficient (Wildman–Crippen LogP) is 2.98. The molecular formula is C24H24ClFN6O2. The molecule has 8 nitrogen and oxygen atoms in total. The van der Waals surface area contributed by atoms with Crippen LogP contribution in [-0.2, 0) is 13.1 Å². The number of nitrogens with two attached hydrogens (primary N) is 1. The lowest BCUT2D eigenvalue weighted by atomic mass is 9.91. The van der Waals surface area contributed by atoms with Gasteiger partial charge < -0.3 is 10.8 Å². The Hall–Kier alpha value is -3.27. The van der Waals surface area contributed by atoms with Gasteiger partial charge in [-0.1, -0.05) is 17.7 Å². The summed E-state index contributed by atoms with van der Waals surface area (Å²) in [5.41, 5.74) is 7.42. The lowest BCUT2D eigenvalue weighted by molar-refractivity contribution is -0.0364. The molecule has 0 radical (unpaired) electrons. The lowest BCUT2D eigenvalue weighted by Gasteiger charge is -2.38. The van der Waals surface area contributed by atoms with Crippen molar-refractivity contribution >= 4 is 28.3 Å². The highest BCUT2D eigenvalue weighted by molar-refractivity contribution is 6.30. The van der Waals surface area contributed by atoms with Crippen molar-refractivity contribution < 1.29 is 9.50 Å². The van der Waals surface area contributed by atoms with Gasteiger partial charge in [-0.2, -0.15) is 5.10 Å². The number of nitrogens with zero attached hydrogens (tertiary/aromatic N) is 5. The van der Waals surface area contributed by atoms with Gasteiger partial charge in [0.2, 0.25) is 0 Å². The number of aromatic nitrogens is 4. The summed E-state index contributed by atoms with van der Waals surface area (Å²) in [6.45, 7) is 2.17. The normalized spacial score (nSPS) is 16.2. The minimum absolute atomic E-state index is 0.146. The van der Waals surface area contributed by atoms with E-state index in [-0.39, 0.29) is 17.9 Å². The molecule has 176 valence electrons. The molecular weight excluding hydrogens is 459 g/mol. The van der Waals surface area contributed by atoms with Crippen LogP contribution in [0.1, 0.15) is 18.4 Å². The highest BCUT2D eigenvalue weighted by atomic mass is 35.5. The van der Waals surface area contributed by atoms with Crippen LogP contribution in [0, 0.1) is 5.82 Å². The van der Waals surface area contributed by atoms with Crippen LogP contribution in [0.4, 0.5) is 10.1 Å². The average molecular weight is 483 g/mol. The molecule has 2 aromatic heterocycles. The van der Waals surface area contributed by atoms with Gasteiger partial charge in [-0.15, -0.1) is 0 Å². The number of aliphatic hydroxyl groups is 1. The molecule has 10 heteroatoms. The summed E-state index contributed by atoms with van der Waals surface area (Å²) in [6, 6.07) is 11.3. The van der Waals surface area contributed by atoms with Gasteiger partial charge in [0, 0.05) is 30.3 Å². The summed E-state index contributed by atoms with van der Waals surface area (Å²) in [7, 11) is 0. The minimum Gasteiger partial charge on any atom is -0.398 e. The van der Waals surface area contributed by atoms with Crippen molar-refractivity contribution in [3.63, 3.8) is 0 Å².